The molecule has 1 unspecified atom stereocenters. The van der Waals surface area contributed by atoms with Crippen molar-refractivity contribution in [3.63, 3.8) is 0 Å². The van der Waals surface area contributed by atoms with E-state index in [4.69, 9.17) is 0 Å². The van der Waals surface area contributed by atoms with Gasteiger partial charge < -0.3 is 10.2 Å². The molecule has 104 valence electrons. The van der Waals surface area contributed by atoms with Gasteiger partial charge in [-0.1, -0.05) is 6.92 Å². The van der Waals surface area contributed by atoms with Gasteiger partial charge in [-0.05, 0) is 32.4 Å². The third-order valence-corrected chi connectivity index (χ3v) is 3.66. The molecule has 1 fully saturated rings. The van der Waals surface area contributed by atoms with E-state index in [1.165, 1.54) is 12.5 Å². The highest BCUT2D eigenvalue weighted by Gasteiger charge is 2.21. The molecule has 19 heavy (non-hydrogen) atoms. The molecule has 0 aromatic carbocycles. The monoisotopic (exact) mass is 264 g/mol. The lowest BCUT2D eigenvalue weighted by molar-refractivity contribution is -0.385. The standard InChI is InChI=1S/C13H20N4O2/c1-3-16-5-4-11(9-16)8-15-13-6-12(17(18)19)10(2)7-14-13/h6-7,11H,3-5,8-9H2,1-2H3,(H,14,15). The minimum atomic E-state index is -0.365. The zero-order valence-electron chi connectivity index (χ0n) is 11.4. The van der Waals surface area contributed by atoms with Gasteiger partial charge in [-0.25, -0.2) is 4.98 Å². The van der Waals surface area contributed by atoms with Gasteiger partial charge in [0.1, 0.15) is 5.82 Å². The maximum Gasteiger partial charge on any atom is 0.277 e. The van der Waals surface area contributed by atoms with Crippen LogP contribution in [0.15, 0.2) is 12.3 Å². The van der Waals surface area contributed by atoms with Crippen molar-refractivity contribution in [1.82, 2.24) is 9.88 Å². The van der Waals surface area contributed by atoms with Gasteiger partial charge >= 0.3 is 0 Å². The summed E-state index contributed by atoms with van der Waals surface area (Å²) in [7, 11) is 0. The van der Waals surface area contributed by atoms with E-state index in [0.717, 1.165) is 26.2 Å². The van der Waals surface area contributed by atoms with Crippen LogP contribution in [0.25, 0.3) is 0 Å². The first-order chi connectivity index (χ1) is 9.10. The number of aryl methyl sites for hydroxylation is 1. The Morgan fingerprint density at radius 1 is 1.63 bits per heavy atom. The molecular weight excluding hydrogens is 244 g/mol. The number of anilines is 1. The number of hydrogen-bond acceptors (Lipinski definition) is 5. The molecule has 1 N–H and O–H groups in total. The SMILES string of the molecule is CCN1CCC(CNc2cc([N+](=O)[O-])c(C)cn2)C1. The Balaban J connectivity index is 1.93. The highest BCUT2D eigenvalue weighted by Crippen LogP contribution is 2.21. The van der Waals surface area contributed by atoms with Crippen molar-refractivity contribution in [2.45, 2.75) is 20.3 Å². The number of aromatic nitrogens is 1. The topological polar surface area (TPSA) is 71.3 Å². The van der Waals surface area contributed by atoms with Gasteiger partial charge in [0.05, 0.1) is 11.0 Å². The van der Waals surface area contributed by atoms with Crippen LogP contribution in [0.3, 0.4) is 0 Å². The number of hydrogen-bond donors (Lipinski definition) is 1. The maximum atomic E-state index is 10.9. The van der Waals surface area contributed by atoms with E-state index in [0.29, 0.717) is 17.3 Å². The minimum Gasteiger partial charge on any atom is -0.370 e. The highest BCUT2D eigenvalue weighted by molar-refractivity contribution is 5.48. The van der Waals surface area contributed by atoms with E-state index < -0.39 is 0 Å². The molecule has 0 aliphatic carbocycles. The lowest BCUT2D eigenvalue weighted by Gasteiger charge is -2.14. The lowest BCUT2D eigenvalue weighted by Crippen LogP contribution is -2.22. The van der Waals surface area contributed by atoms with Crippen LogP contribution in [0.1, 0.15) is 18.9 Å². The molecule has 1 aromatic heterocycles. The van der Waals surface area contributed by atoms with Crippen molar-refractivity contribution >= 4 is 11.5 Å². The van der Waals surface area contributed by atoms with E-state index in [1.807, 2.05) is 0 Å². The summed E-state index contributed by atoms with van der Waals surface area (Å²) in [5.41, 5.74) is 0.715. The smallest absolute Gasteiger partial charge is 0.277 e. The second kappa shape index (κ2) is 5.97. The molecule has 6 nitrogen and oxygen atoms in total. The number of nitro groups is 1. The number of rotatable bonds is 5. The van der Waals surface area contributed by atoms with Gasteiger partial charge in [0.15, 0.2) is 0 Å². The molecule has 0 spiro atoms. The number of nitrogens with one attached hydrogen (secondary N) is 1. The molecule has 1 aliphatic rings. The summed E-state index contributed by atoms with van der Waals surface area (Å²) in [5, 5.41) is 14.1. The first-order valence-corrected chi connectivity index (χ1v) is 6.67. The highest BCUT2D eigenvalue weighted by atomic mass is 16.6. The Morgan fingerprint density at radius 3 is 3.05 bits per heavy atom. The molecule has 2 rings (SSSR count). The molecule has 1 saturated heterocycles. The summed E-state index contributed by atoms with van der Waals surface area (Å²) < 4.78 is 0. The number of nitrogens with zero attached hydrogens (tertiary/aromatic N) is 3. The van der Waals surface area contributed by atoms with Crippen LogP contribution in [0, 0.1) is 23.0 Å². The molecular formula is C13H20N4O2. The van der Waals surface area contributed by atoms with Gasteiger partial charge in [-0.3, -0.25) is 10.1 Å². The average Bonchev–Trinajstić information content (AvgIpc) is 2.85. The Labute approximate surface area is 113 Å². The minimum absolute atomic E-state index is 0.124. The van der Waals surface area contributed by atoms with Crippen LogP contribution in [0.4, 0.5) is 11.5 Å². The Bertz CT molecular complexity index is 464. The van der Waals surface area contributed by atoms with E-state index >= 15 is 0 Å². The van der Waals surface area contributed by atoms with Crippen LogP contribution in [-0.2, 0) is 0 Å². The molecule has 0 saturated carbocycles. The van der Waals surface area contributed by atoms with Gasteiger partial charge in [-0.15, -0.1) is 0 Å². The molecule has 2 heterocycles. The third-order valence-electron chi connectivity index (χ3n) is 3.66. The van der Waals surface area contributed by atoms with Crippen molar-refractivity contribution in [1.29, 1.82) is 0 Å². The van der Waals surface area contributed by atoms with Gasteiger partial charge in [-0.2, -0.15) is 0 Å². The van der Waals surface area contributed by atoms with Gasteiger partial charge in [0.2, 0.25) is 0 Å². The van der Waals surface area contributed by atoms with Crippen LogP contribution in [-0.4, -0.2) is 41.0 Å². The average molecular weight is 264 g/mol. The van der Waals surface area contributed by atoms with Crippen molar-refractivity contribution in [2.75, 3.05) is 31.5 Å². The van der Waals surface area contributed by atoms with E-state index in [9.17, 15) is 10.1 Å². The van der Waals surface area contributed by atoms with E-state index in [2.05, 4.69) is 22.1 Å². The van der Waals surface area contributed by atoms with Crippen molar-refractivity contribution < 1.29 is 4.92 Å². The number of pyridine rings is 1. The zero-order chi connectivity index (χ0) is 13.8. The van der Waals surface area contributed by atoms with Crippen molar-refractivity contribution in [3.05, 3.63) is 27.9 Å². The van der Waals surface area contributed by atoms with E-state index in [1.54, 1.807) is 13.1 Å². The molecule has 0 radical (unpaired) electrons. The maximum absolute atomic E-state index is 10.9. The fourth-order valence-electron chi connectivity index (χ4n) is 2.42. The molecule has 1 aliphatic heterocycles. The molecule has 1 atom stereocenters. The summed E-state index contributed by atoms with van der Waals surface area (Å²) >= 11 is 0. The van der Waals surface area contributed by atoms with Crippen molar-refractivity contribution in [2.24, 2.45) is 5.92 Å². The summed E-state index contributed by atoms with van der Waals surface area (Å²) in [6.45, 7) is 8.02. The second-order valence-corrected chi connectivity index (χ2v) is 5.04. The number of likely N-dealkylation sites (tertiary alicyclic amines) is 1. The molecule has 0 bridgehead atoms. The van der Waals surface area contributed by atoms with E-state index in [-0.39, 0.29) is 10.6 Å². The Morgan fingerprint density at radius 2 is 2.42 bits per heavy atom. The largest absolute Gasteiger partial charge is 0.370 e. The second-order valence-electron chi connectivity index (χ2n) is 5.04. The lowest BCUT2D eigenvalue weighted by atomic mass is 10.1. The van der Waals surface area contributed by atoms with Crippen molar-refractivity contribution in [3.8, 4) is 0 Å². The van der Waals surface area contributed by atoms with Crippen LogP contribution < -0.4 is 5.32 Å². The van der Waals surface area contributed by atoms with Crippen LogP contribution in [0.2, 0.25) is 0 Å². The summed E-state index contributed by atoms with van der Waals surface area (Å²) in [6.07, 6.45) is 2.72. The van der Waals surface area contributed by atoms with Gasteiger partial charge in [0.25, 0.3) is 5.69 Å². The normalized spacial score (nSPS) is 19.6. The predicted molar refractivity (Wildman–Crippen MR) is 74.3 cm³/mol. The quantitative estimate of drug-likeness (QED) is 0.651. The van der Waals surface area contributed by atoms with Crippen LogP contribution in [0.5, 0.6) is 0 Å². The third kappa shape index (κ3) is 3.41. The molecule has 0 amide bonds. The predicted octanol–water partition coefficient (Wildman–Crippen LogP) is 2.05. The summed E-state index contributed by atoms with van der Waals surface area (Å²) in [4.78, 5) is 17.1. The first-order valence-electron chi connectivity index (χ1n) is 6.67. The van der Waals surface area contributed by atoms with Gasteiger partial charge in [0, 0.05) is 24.8 Å². The zero-order valence-corrected chi connectivity index (χ0v) is 11.4. The molecule has 1 aromatic rings. The first kappa shape index (κ1) is 13.7. The fourth-order valence-corrected chi connectivity index (χ4v) is 2.42. The summed E-state index contributed by atoms with van der Waals surface area (Å²) in [5.74, 6) is 1.19. The Kier molecular flexibility index (Phi) is 4.31. The van der Waals surface area contributed by atoms with Crippen LogP contribution >= 0.6 is 0 Å². The summed E-state index contributed by atoms with van der Waals surface area (Å²) in [6, 6.07) is 1.52. The Hall–Kier alpha value is -1.69. The molecule has 6 heteroatoms. The fraction of sp³-hybridized carbons (Fsp3) is 0.615.